The van der Waals surface area contributed by atoms with Crippen molar-refractivity contribution in [1.29, 1.82) is 0 Å². The third-order valence-corrected chi connectivity index (χ3v) is 4.82. The summed E-state index contributed by atoms with van der Waals surface area (Å²) in [5.74, 6) is 0.990. The second-order valence-electron chi connectivity index (χ2n) is 5.70. The summed E-state index contributed by atoms with van der Waals surface area (Å²) in [4.78, 5) is 13.6. The highest BCUT2D eigenvalue weighted by molar-refractivity contribution is 6.33. The Labute approximate surface area is 118 Å². The number of Topliss-reactive ketones (excluding diaryl/α,β-unsaturated/α-hetero) is 1. The molecule has 3 unspecified atom stereocenters. The van der Waals surface area contributed by atoms with Crippen LogP contribution in [0.1, 0.15) is 30.1 Å². The number of rotatable bonds is 2. The third kappa shape index (κ3) is 2.26. The third-order valence-electron chi connectivity index (χ3n) is 4.51. The summed E-state index contributed by atoms with van der Waals surface area (Å²) in [5.41, 5.74) is 1.63. The van der Waals surface area contributed by atoms with E-state index in [1.807, 2.05) is 12.1 Å². The maximum absolute atomic E-state index is 11.3. The average molecular weight is 280 g/mol. The molecule has 1 aliphatic carbocycles. The van der Waals surface area contributed by atoms with Crippen molar-refractivity contribution >= 4 is 23.1 Å². The molecule has 3 atom stereocenters. The van der Waals surface area contributed by atoms with Gasteiger partial charge in [-0.1, -0.05) is 11.6 Å². The molecule has 102 valence electrons. The van der Waals surface area contributed by atoms with E-state index in [0.717, 1.165) is 31.6 Å². The lowest BCUT2D eigenvalue weighted by molar-refractivity contribution is 0.101. The van der Waals surface area contributed by atoms with Crippen molar-refractivity contribution in [2.75, 3.05) is 18.0 Å². The van der Waals surface area contributed by atoms with E-state index in [0.29, 0.717) is 22.4 Å². The van der Waals surface area contributed by atoms with Crippen molar-refractivity contribution in [1.82, 2.24) is 0 Å². The van der Waals surface area contributed by atoms with E-state index in [1.165, 1.54) is 0 Å². The fourth-order valence-electron chi connectivity index (χ4n) is 3.42. The van der Waals surface area contributed by atoms with E-state index < -0.39 is 0 Å². The molecule has 0 spiro atoms. The van der Waals surface area contributed by atoms with Crippen LogP contribution in [0.4, 0.5) is 5.69 Å². The predicted octanol–water partition coefficient (Wildman–Crippen LogP) is 2.75. The maximum Gasteiger partial charge on any atom is 0.159 e. The number of hydrogen-bond acceptors (Lipinski definition) is 3. The second kappa shape index (κ2) is 4.80. The molecular formula is C15H18ClNO2. The molecule has 1 aromatic rings. The van der Waals surface area contributed by atoms with Crippen LogP contribution in [0.3, 0.4) is 0 Å². The standard InChI is InChI=1S/C15H18ClNO2/c1-9(18)10-2-4-14(13(16)6-10)17-7-11-3-5-15(19)12(11)8-17/h2,4,6,11-12,15,19H,3,5,7-8H2,1H3. The number of hydrogen-bond donors (Lipinski definition) is 1. The van der Waals surface area contributed by atoms with Gasteiger partial charge in [0.2, 0.25) is 0 Å². The second-order valence-corrected chi connectivity index (χ2v) is 6.10. The number of carbonyl (C=O) groups is 1. The van der Waals surface area contributed by atoms with Crippen LogP contribution in [0.5, 0.6) is 0 Å². The van der Waals surface area contributed by atoms with Crippen molar-refractivity contribution in [3.05, 3.63) is 28.8 Å². The summed E-state index contributed by atoms with van der Waals surface area (Å²) < 4.78 is 0. The van der Waals surface area contributed by atoms with Gasteiger partial charge in [-0.05, 0) is 43.9 Å². The van der Waals surface area contributed by atoms with Crippen molar-refractivity contribution in [2.45, 2.75) is 25.9 Å². The minimum absolute atomic E-state index is 0.0298. The number of ketones is 1. The highest BCUT2D eigenvalue weighted by atomic mass is 35.5. The van der Waals surface area contributed by atoms with Gasteiger partial charge in [0.1, 0.15) is 0 Å². The summed E-state index contributed by atoms with van der Waals surface area (Å²) in [6.45, 7) is 3.37. The Bertz CT molecular complexity index is 517. The van der Waals surface area contributed by atoms with Crippen molar-refractivity contribution < 1.29 is 9.90 Å². The number of fused-ring (bicyclic) bond motifs is 1. The van der Waals surface area contributed by atoms with Gasteiger partial charge >= 0.3 is 0 Å². The predicted molar refractivity (Wildman–Crippen MR) is 75.9 cm³/mol. The zero-order chi connectivity index (χ0) is 13.6. The van der Waals surface area contributed by atoms with Gasteiger partial charge in [-0.2, -0.15) is 0 Å². The fourth-order valence-corrected chi connectivity index (χ4v) is 3.72. The Morgan fingerprint density at radius 1 is 1.37 bits per heavy atom. The van der Waals surface area contributed by atoms with Gasteiger partial charge < -0.3 is 10.0 Å². The molecule has 2 fully saturated rings. The lowest BCUT2D eigenvalue weighted by Crippen LogP contribution is -2.24. The smallest absolute Gasteiger partial charge is 0.159 e. The summed E-state index contributed by atoms with van der Waals surface area (Å²) in [6.07, 6.45) is 1.87. The topological polar surface area (TPSA) is 40.5 Å². The molecule has 0 aromatic heterocycles. The zero-order valence-electron chi connectivity index (χ0n) is 11.0. The molecule has 3 nitrogen and oxygen atoms in total. The Kier molecular flexibility index (Phi) is 3.27. The molecule has 1 aromatic carbocycles. The first-order valence-electron chi connectivity index (χ1n) is 6.80. The molecule has 1 heterocycles. The van der Waals surface area contributed by atoms with Crippen LogP contribution >= 0.6 is 11.6 Å². The maximum atomic E-state index is 11.3. The SMILES string of the molecule is CC(=O)c1ccc(N2CC3CCC(O)C3C2)c(Cl)c1. The molecule has 3 rings (SSSR count). The highest BCUT2D eigenvalue weighted by Crippen LogP contribution is 2.41. The number of aliphatic hydroxyl groups excluding tert-OH is 1. The first-order valence-corrected chi connectivity index (χ1v) is 7.17. The van der Waals surface area contributed by atoms with Crippen LogP contribution in [0.2, 0.25) is 5.02 Å². The first kappa shape index (κ1) is 12.9. The van der Waals surface area contributed by atoms with E-state index in [9.17, 15) is 9.90 Å². The van der Waals surface area contributed by atoms with Crippen molar-refractivity contribution in [3.63, 3.8) is 0 Å². The van der Waals surface area contributed by atoms with Crippen LogP contribution in [0.15, 0.2) is 18.2 Å². The van der Waals surface area contributed by atoms with E-state index in [-0.39, 0.29) is 11.9 Å². The van der Waals surface area contributed by atoms with E-state index in [1.54, 1.807) is 13.0 Å². The molecular weight excluding hydrogens is 262 g/mol. The number of anilines is 1. The van der Waals surface area contributed by atoms with Gasteiger partial charge in [-0.25, -0.2) is 0 Å². The minimum Gasteiger partial charge on any atom is -0.393 e. The Morgan fingerprint density at radius 2 is 2.16 bits per heavy atom. The largest absolute Gasteiger partial charge is 0.393 e. The van der Waals surface area contributed by atoms with Gasteiger partial charge in [-0.3, -0.25) is 4.79 Å². The summed E-state index contributed by atoms with van der Waals surface area (Å²) in [6, 6.07) is 5.49. The normalized spacial score (nSPS) is 29.6. The van der Waals surface area contributed by atoms with Gasteiger partial charge in [-0.15, -0.1) is 0 Å². The van der Waals surface area contributed by atoms with Gasteiger partial charge in [0.15, 0.2) is 5.78 Å². The van der Waals surface area contributed by atoms with Gasteiger partial charge in [0.25, 0.3) is 0 Å². The lowest BCUT2D eigenvalue weighted by Gasteiger charge is -2.22. The van der Waals surface area contributed by atoms with E-state index >= 15 is 0 Å². The molecule has 0 amide bonds. The molecule has 0 radical (unpaired) electrons. The van der Waals surface area contributed by atoms with E-state index in [2.05, 4.69) is 4.90 Å². The van der Waals surface area contributed by atoms with Crippen LogP contribution in [-0.2, 0) is 0 Å². The highest BCUT2D eigenvalue weighted by Gasteiger charge is 2.42. The molecule has 0 bridgehead atoms. The van der Waals surface area contributed by atoms with Crippen LogP contribution in [0.25, 0.3) is 0 Å². The Hall–Kier alpha value is -1.06. The number of nitrogens with zero attached hydrogens (tertiary/aromatic N) is 1. The quantitative estimate of drug-likeness (QED) is 0.847. The Balaban J connectivity index is 1.82. The summed E-state index contributed by atoms with van der Waals surface area (Å²) in [5, 5.41) is 10.6. The molecule has 4 heteroatoms. The number of benzene rings is 1. The average Bonchev–Trinajstić information content (AvgIpc) is 2.92. The summed E-state index contributed by atoms with van der Waals surface area (Å²) >= 11 is 6.29. The minimum atomic E-state index is -0.162. The fraction of sp³-hybridized carbons (Fsp3) is 0.533. The van der Waals surface area contributed by atoms with Crippen LogP contribution < -0.4 is 4.90 Å². The molecule has 1 N–H and O–H groups in total. The van der Waals surface area contributed by atoms with E-state index in [4.69, 9.17) is 11.6 Å². The van der Waals surface area contributed by atoms with Crippen molar-refractivity contribution in [2.24, 2.45) is 11.8 Å². The molecule has 19 heavy (non-hydrogen) atoms. The number of carbonyl (C=O) groups excluding carboxylic acids is 1. The molecule has 1 saturated carbocycles. The van der Waals surface area contributed by atoms with Crippen LogP contribution in [0, 0.1) is 11.8 Å². The number of aliphatic hydroxyl groups is 1. The van der Waals surface area contributed by atoms with Gasteiger partial charge in [0, 0.05) is 24.6 Å². The molecule has 2 aliphatic rings. The van der Waals surface area contributed by atoms with Crippen molar-refractivity contribution in [3.8, 4) is 0 Å². The van der Waals surface area contributed by atoms with Crippen LogP contribution in [-0.4, -0.2) is 30.1 Å². The monoisotopic (exact) mass is 279 g/mol. The van der Waals surface area contributed by atoms with Gasteiger partial charge in [0.05, 0.1) is 16.8 Å². The summed E-state index contributed by atoms with van der Waals surface area (Å²) in [7, 11) is 0. The lowest BCUT2D eigenvalue weighted by atomic mass is 10.00. The Morgan fingerprint density at radius 3 is 2.79 bits per heavy atom. The molecule has 1 aliphatic heterocycles. The first-order chi connectivity index (χ1) is 9.06. The number of halogens is 1. The zero-order valence-corrected chi connectivity index (χ0v) is 11.7. The molecule has 1 saturated heterocycles.